The molecule has 1 aliphatic rings. The van der Waals surface area contributed by atoms with E-state index in [-0.39, 0.29) is 24.0 Å². The molecule has 0 saturated carbocycles. The number of halogens is 1. The molecular weight excluding hydrogens is 356 g/mol. The van der Waals surface area contributed by atoms with E-state index in [4.69, 9.17) is 16.3 Å². The van der Waals surface area contributed by atoms with Crippen LogP contribution in [0.1, 0.15) is 13.3 Å². The maximum atomic E-state index is 12.3. The number of hydrogen-bond acceptors (Lipinski definition) is 5. The van der Waals surface area contributed by atoms with Crippen molar-refractivity contribution < 1.29 is 22.7 Å². The molecule has 1 aromatic carbocycles. The van der Waals surface area contributed by atoms with Gasteiger partial charge < -0.3 is 15.0 Å². The fourth-order valence-corrected chi connectivity index (χ4v) is 4.54. The zero-order chi connectivity index (χ0) is 17.9. The third-order valence-electron chi connectivity index (χ3n) is 3.80. The van der Waals surface area contributed by atoms with Crippen LogP contribution in [0.2, 0.25) is 5.02 Å². The number of sulfone groups is 1. The Labute approximate surface area is 145 Å². The van der Waals surface area contributed by atoms with E-state index in [1.54, 1.807) is 12.1 Å². The van der Waals surface area contributed by atoms with Gasteiger partial charge in [0.25, 0.3) is 0 Å². The van der Waals surface area contributed by atoms with Crippen molar-refractivity contribution in [3.63, 3.8) is 0 Å². The SMILES string of the molecule is COc1ccc(Cl)cc1NC(=O)CN(C(C)=O)C1CCS(=O)(=O)C1. The standard InChI is InChI=1S/C15H19ClN2O5S/c1-10(19)18(12-5-6-24(21,22)9-12)8-15(20)17-13-7-11(16)3-4-14(13)23-2/h3-4,7,12H,5-6,8-9H2,1-2H3,(H,17,20). The number of carbonyl (C=O) groups is 2. The third-order valence-corrected chi connectivity index (χ3v) is 5.79. The van der Waals surface area contributed by atoms with Crippen molar-refractivity contribution in [1.82, 2.24) is 4.90 Å². The van der Waals surface area contributed by atoms with Crippen molar-refractivity contribution in [2.45, 2.75) is 19.4 Å². The average Bonchev–Trinajstić information content (AvgIpc) is 2.84. The number of ether oxygens (including phenoxy) is 1. The molecule has 1 unspecified atom stereocenters. The Hall–Kier alpha value is -1.80. The Morgan fingerprint density at radius 2 is 2.12 bits per heavy atom. The third kappa shape index (κ3) is 4.61. The van der Waals surface area contributed by atoms with Crippen LogP contribution in [-0.2, 0) is 19.4 Å². The maximum Gasteiger partial charge on any atom is 0.244 e. The lowest BCUT2D eigenvalue weighted by molar-refractivity contribution is -0.134. The molecule has 1 heterocycles. The van der Waals surface area contributed by atoms with E-state index in [0.29, 0.717) is 22.9 Å². The van der Waals surface area contributed by atoms with Gasteiger partial charge in [0.05, 0.1) is 24.3 Å². The minimum atomic E-state index is -3.15. The second-order valence-corrected chi connectivity index (χ2v) is 8.26. The number of nitrogens with one attached hydrogen (secondary N) is 1. The van der Waals surface area contributed by atoms with E-state index in [1.165, 1.54) is 25.0 Å². The van der Waals surface area contributed by atoms with Crippen molar-refractivity contribution in [1.29, 1.82) is 0 Å². The molecule has 1 atom stereocenters. The van der Waals surface area contributed by atoms with Crippen LogP contribution in [0.4, 0.5) is 5.69 Å². The van der Waals surface area contributed by atoms with E-state index < -0.39 is 21.8 Å². The number of amides is 2. The van der Waals surface area contributed by atoms with Gasteiger partial charge in [-0.25, -0.2) is 8.42 Å². The second-order valence-electron chi connectivity index (χ2n) is 5.60. The average molecular weight is 375 g/mol. The van der Waals surface area contributed by atoms with Gasteiger partial charge in [-0.3, -0.25) is 9.59 Å². The van der Waals surface area contributed by atoms with Gasteiger partial charge in [-0.1, -0.05) is 11.6 Å². The van der Waals surface area contributed by atoms with Gasteiger partial charge in [0.15, 0.2) is 9.84 Å². The van der Waals surface area contributed by atoms with Crippen molar-refractivity contribution >= 4 is 38.9 Å². The van der Waals surface area contributed by atoms with E-state index >= 15 is 0 Å². The predicted octanol–water partition coefficient (Wildman–Crippen LogP) is 1.32. The van der Waals surface area contributed by atoms with Gasteiger partial charge in [0.2, 0.25) is 11.8 Å². The zero-order valence-electron chi connectivity index (χ0n) is 13.4. The first kappa shape index (κ1) is 18.5. The molecule has 2 amide bonds. The number of nitrogens with zero attached hydrogens (tertiary/aromatic N) is 1. The molecule has 1 aromatic rings. The summed E-state index contributed by atoms with van der Waals surface area (Å²) in [5, 5.41) is 3.07. The Kier molecular flexibility index (Phi) is 5.71. The summed E-state index contributed by atoms with van der Waals surface area (Å²) in [6, 6.07) is 4.31. The number of benzene rings is 1. The van der Waals surface area contributed by atoms with Gasteiger partial charge in [-0.2, -0.15) is 0 Å². The van der Waals surface area contributed by atoms with Gasteiger partial charge >= 0.3 is 0 Å². The molecule has 7 nitrogen and oxygen atoms in total. The lowest BCUT2D eigenvalue weighted by Crippen LogP contribution is -2.44. The normalized spacial score (nSPS) is 18.9. The summed E-state index contributed by atoms with van der Waals surface area (Å²) < 4.78 is 28.3. The quantitative estimate of drug-likeness (QED) is 0.839. The molecule has 0 radical (unpaired) electrons. The summed E-state index contributed by atoms with van der Waals surface area (Å²) in [6.45, 7) is 1.09. The number of anilines is 1. The van der Waals surface area contributed by atoms with Crippen LogP contribution in [0, 0.1) is 0 Å². The summed E-state index contributed by atoms with van der Waals surface area (Å²) in [6.07, 6.45) is 0.343. The Morgan fingerprint density at radius 3 is 2.67 bits per heavy atom. The molecule has 9 heteroatoms. The number of hydrogen-bond donors (Lipinski definition) is 1. The van der Waals surface area contributed by atoms with Crippen molar-refractivity contribution in [3.05, 3.63) is 23.2 Å². The van der Waals surface area contributed by atoms with Crippen LogP contribution in [-0.4, -0.2) is 56.3 Å². The number of rotatable bonds is 5. The van der Waals surface area contributed by atoms with Gasteiger partial charge in [-0.15, -0.1) is 0 Å². The Morgan fingerprint density at radius 1 is 1.42 bits per heavy atom. The van der Waals surface area contributed by atoms with Crippen molar-refractivity contribution in [3.8, 4) is 5.75 Å². The highest BCUT2D eigenvalue weighted by Crippen LogP contribution is 2.27. The largest absolute Gasteiger partial charge is 0.495 e. The predicted molar refractivity (Wildman–Crippen MR) is 91.1 cm³/mol. The van der Waals surface area contributed by atoms with E-state index in [2.05, 4.69) is 5.32 Å². The molecule has 1 N–H and O–H groups in total. The summed E-state index contributed by atoms with van der Waals surface area (Å²) in [7, 11) is -1.69. The van der Waals surface area contributed by atoms with Crippen molar-refractivity contribution in [2.24, 2.45) is 0 Å². The molecule has 132 valence electrons. The minimum absolute atomic E-state index is 0.0329. The molecule has 24 heavy (non-hydrogen) atoms. The molecule has 1 aliphatic heterocycles. The van der Waals surface area contributed by atoms with Crippen LogP contribution >= 0.6 is 11.6 Å². The molecule has 0 spiro atoms. The molecule has 1 fully saturated rings. The minimum Gasteiger partial charge on any atom is -0.495 e. The zero-order valence-corrected chi connectivity index (χ0v) is 15.0. The lowest BCUT2D eigenvalue weighted by atomic mass is 10.2. The first-order valence-electron chi connectivity index (χ1n) is 7.33. The lowest BCUT2D eigenvalue weighted by Gasteiger charge is -2.26. The summed E-state index contributed by atoms with van der Waals surface area (Å²) in [5.41, 5.74) is 0.387. The summed E-state index contributed by atoms with van der Waals surface area (Å²) >= 11 is 5.91. The Balaban J connectivity index is 2.09. The number of methoxy groups -OCH3 is 1. The molecule has 1 saturated heterocycles. The molecule has 2 rings (SSSR count). The smallest absolute Gasteiger partial charge is 0.244 e. The fraction of sp³-hybridized carbons (Fsp3) is 0.467. The maximum absolute atomic E-state index is 12.3. The van der Waals surface area contributed by atoms with Crippen LogP contribution in [0.3, 0.4) is 0 Å². The summed E-state index contributed by atoms with van der Waals surface area (Å²) in [5.74, 6) is -0.433. The van der Waals surface area contributed by atoms with Crippen molar-refractivity contribution in [2.75, 3.05) is 30.5 Å². The first-order chi connectivity index (χ1) is 11.2. The summed E-state index contributed by atoms with van der Waals surface area (Å²) in [4.78, 5) is 25.4. The molecule has 0 aliphatic carbocycles. The molecular formula is C15H19ClN2O5S. The highest BCUT2D eigenvalue weighted by atomic mass is 35.5. The highest BCUT2D eigenvalue weighted by molar-refractivity contribution is 7.91. The monoisotopic (exact) mass is 374 g/mol. The van der Waals surface area contributed by atoms with Gasteiger partial charge in [0.1, 0.15) is 12.3 Å². The van der Waals surface area contributed by atoms with E-state index in [9.17, 15) is 18.0 Å². The van der Waals surface area contributed by atoms with Crippen LogP contribution in [0.25, 0.3) is 0 Å². The second kappa shape index (κ2) is 7.40. The van der Waals surface area contributed by atoms with Crippen LogP contribution in [0.15, 0.2) is 18.2 Å². The highest BCUT2D eigenvalue weighted by Gasteiger charge is 2.34. The van der Waals surface area contributed by atoms with E-state index in [0.717, 1.165) is 0 Å². The Bertz CT molecular complexity index is 750. The number of carbonyl (C=O) groups excluding carboxylic acids is 2. The van der Waals surface area contributed by atoms with Crippen LogP contribution < -0.4 is 10.1 Å². The topological polar surface area (TPSA) is 92.8 Å². The van der Waals surface area contributed by atoms with Crippen LogP contribution in [0.5, 0.6) is 5.75 Å². The van der Waals surface area contributed by atoms with E-state index in [1.807, 2.05) is 0 Å². The fourth-order valence-electron chi connectivity index (χ4n) is 2.64. The molecule has 0 aromatic heterocycles. The van der Waals surface area contributed by atoms with Gasteiger partial charge in [-0.05, 0) is 24.6 Å². The van der Waals surface area contributed by atoms with Gasteiger partial charge in [0, 0.05) is 18.0 Å². The molecule has 0 bridgehead atoms. The first-order valence-corrected chi connectivity index (χ1v) is 9.53.